The highest BCUT2D eigenvalue weighted by molar-refractivity contribution is 7.22. The van der Waals surface area contributed by atoms with Crippen LogP contribution in [0.15, 0.2) is 82.0 Å². The van der Waals surface area contributed by atoms with Crippen LogP contribution in [-0.2, 0) is 0 Å². The van der Waals surface area contributed by atoms with Gasteiger partial charge in [-0.25, -0.2) is 14.8 Å². The van der Waals surface area contributed by atoms with E-state index in [0.29, 0.717) is 49.6 Å². The van der Waals surface area contributed by atoms with Gasteiger partial charge < -0.3 is 9.15 Å². The summed E-state index contributed by atoms with van der Waals surface area (Å²) in [6.07, 6.45) is 0. The van der Waals surface area contributed by atoms with Gasteiger partial charge in [0, 0.05) is 5.02 Å². The lowest BCUT2D eigenvalue weighted by molar-refractivity contribution is 0.463. The number of hydrogen-bond acceptors (Lipinski definition) is 8. The van der Waals surface area contributed by atoms with Gasteiger partial charge in [-0.3, -0.25) is 5.32 Å². The van der Waals surface area contributed by atoms with Crippen molar-refractivity contribution in [1.29, 1.82) is 0 Å². The average molecular weight is 473 g/mol. The van der Waals surface area contributed by atoms with E-state index in [1.165, 1.54) is 17.4 Å². The molecule has 0 radical (unpaired) electrons. The molecule has 0 unspecified atom stereocenters. The van der Waals surface area contributed by atoms with Crippen molar-refractivity contribution < 1.29 is 9.15 Å². The van der Waals surface area contributed by atoms with Crippen LogP contribution in [-0.4, -0.2) is 15.0 Å². The van der Waals surface area contributed by atoms with Crippen LogP contribution in [0.3, 0.4) is 0 Å². The predicted molar refractivity (Wildman–Crippen MR) is 130 cm³/mol. The number of fused-ring (bicyclic) bond motifs is 3. The molecule has 3 heterocycles. The van der Waals surface area contributed by atoms with Crippen molar-refractivity contribution in [2.45, 2.75) is 0 Å². The number of anilines is 2. The average Bonchev–Trinajstić information content (AvgIpc) is 3.20. The minimum atomic E-state index is -0.506. The Morgan fingerprint density at radius 1 is 0.879 bits per heavy atom. The SMILES string of the molecule is O=c1cc(Oc2nc(Nc3nc4ccc(Cl)cc4s3)nc3ccccc23)c2ccccc2o1. The fraction of sp³-hybridized carbons (Fsp3) is 0. The van der Waals surface area contributed by atoms with Crippen molar-refractivity contribution in [1.82, 2.24) is 15.0 Å². The third kappa shape index (κ3) is 3.75. The number of nitrogens with one attached hydrogen (secondary N) is 1. The van der Waals surface area contributed by atoms with Gasteiger partial charge in [0.15, 0.2) is 5.13 Å². The fourth-order valence-corrected chi connectivity index (χ4v) is 4.63. The Morgan fingerprint density at radius 2 is 1.70 bits per heavy atom. The Labute approximate surface area is 195 Å². The molecule has 0 saturated heterocycles. The molecule has 3 aromatic carbocycles. The van der Waals surface area contributed by atoms with E-state index in [9.17, 15) is 4.79 Å². The third-order valence-corrected chi connectivity index (χ3v) is 6.12. The molecule has 0 aliphatic rings. The van der Waals surface area contributed by atoms with Gasteiger partial charge in [-0.15, -0.1) is 0 Å². The first-order chi connectivity index (χ1) is 16.1. The van der Waals surface area contributed by atoms with E-state index >= 15 is 0 Å². The topological polar surface area (TPSA) is 90.1 Å². The Kier molecular flexibility index (Phi) is 4.67. The van der Waals surface area contributed by atoms with E-state index in [2.05, 4.69) is 20.3 Å². The second-order valence-electron chi connectivity index (χ2n) is 7.15. The van der Waals surface area contributed by atoms with Crippen LogP contribution in [0, 0.1) is 0 Å². The Balaban J connectivity index is 1.45. The largest absolute Gasteiger partial charge is 0.437 e. The maximum atomic E-state index is 12.1. The van der Waals surface area contributed by atoms with Gasteiger partial charge in [-0.2, -0.15) is 4.98 Å². The molecule has 1 N–H and O–H groups in total. The van der Waals surface area contributed by atoms with Crippen LogP contribution < -0.4 is 15.7 Å². The zero-order chi connectivity index (χ0) is 22.4. The monoisotopic (exact) mass is 472 g/mol. The van der Waals surface area contributed by atoms with Crippen LogP contribution in [0.25, 0.3) is 32.1 Å². The van der Waals surface area contributed by atoms with Crippen molar-refractivity contribution in [3.63, 3.8) is 0 Å². The first kappa shape index (κ1) is 19.7. The van der Waals surface area contributed by atoms with Gasteiger partial charge in [-0.1, -0.05) is 47.2 Å². The van der Waals surface area contributed by atoms with Gasteiger partial charge in [0.25, 0.3) is 0 Å². The fourth-order valence-electron chi connectivity index (χ4n) is 3.50. The van der Waals surface area contributed by atoms with Crippen LogP contribution >= 0.6 is 22.9 Å². The number of aromatic nitrogens is 3. The Morgan fingerprint density at radius 3 is 2.61 bits per heavy atom. The lowest BCUT2D eigenvalue weighted by atomic mass is 10.2. The summed E-state index contributed by atoms with van der Waals surface area (Å²) in [6.45, 7) is 0. The molecule has 0 spiro atoms. The number of para-hydroxylation sites is 2. The summed E-state index contributed by atoms with van der Waals surface area (Å²) in [5.41, 5.74) is 1.44. The maximum absolute atomic E-state index is 12.1. The van der Waals surface area contributed by atoms with Gasteiger partial charge in [-0.05, 0) is 42.5 Å². The molecule has 33 heavy (non-hydrogen) atoms. The number of thiazole rings is 1. The van der Waals surface area contributed by atoms with Crippen molar-refractivity contribution >= 4 is 66.1 Å². The van der Waals surface area contributed by atoms with E-state index in [0.717, 1.165) is 10.2 Å². The summed E-state index contributed by atoms with van der Waals surface area (Å²) < 4.78 is 12.4. The molecule has 0 fully saturated rings. The second-order valence-corrected chi connectivity index (χ2v) is 8.62. The zero-order valence-electron chi connectivity index (χ0n) is 16.8. The summed E-state index contributed by atoms with van der Waals surface area (Å²) in [5, 5.41) is 5.80. The second kappa shape index (κ2) is 7.84. The van der Waals surface area contributed by atoms with Crippen molar-refractivity contribution in [2.24, 2.45) is 0 Å². The summed E-state index contributed by atoms with van der Waals surface area (Å²) >= 11 is 7.54. The summed E-state index contributed by atoms with van der Waals surface area (Å²) in [5.74, 6) is 0.982. The van der Waals surface area contributed by atoms with Gasteiger partial charge in [0.2, 0.25) is 11.8 Å². The van der Waals surface area contributed by atoms with Crippen LogP contribution in [0.2, 0.25) is 5.02 Å². The Hall–Kier alpha value is -4.01. The zero-order valence-corrected chi connectivity index (χ0v) is 18.4. The van der Waals surface area contributed by atoms with Crippen LogP contribution in [0.5, 0.6) is 11.6 Å². The molecule has 7 nitrogen and oxygen atoms in total. The molecule has 3 aromatic heterocycles. The molecule has 0 bridgehead atoms. The number of benzene rings is 3. The molecule has 160 valence electrons. The first-order valence-corrected chi connectivity index (χ1v) is 11.1. The number of rotatable bonds is 4. The van der Waals surface area contributed by atoms with E-state index in [1.54, 1.807) is 18.2 Å². The molecule has 0 aliphatic heterocycles. The molecular formula is C24H13ClN4O3S. The van der Waals surface area contributed by atoms with Gasteiger partial charge in [0.05, 0.1) is 32.6 Å². The standard InChI is InChI=1S/C24H13ClN4O3S/c25-13-9-10-17-20(11-13)33-24(27-17)29-23-26-16-7-3-1-5-14(16)22(28-23)32-19-12-21(30)31-18-8-4-2-6-15(18)19/h1-12H,(H,26,27,28,29). The molecule has 0 amide bonds. The minimum Gasteiger partial charge on any atom is -0.437 e. The van der Waals surface area contributed by atoms with Gasteiger partial charge >= 0.3 is 5.63 Å². The highest BCUT2D eigenvalue weighted by Gasteiger charge is 2.14. The predicted octanol–water partition coefficient (Wildman–Crippen LogP) is 6.54. The summed E-state index contributed by atoms with van der Waals surface area (Å²) in [4.78, 5) is 25.8. The molecule has 0 aliphatic carbocycles. The molecule has 9 heteroatoms. The lowest BCUT2D eigenvalue weighted by Gasteiger charge is -2.11. The quantitative estimate of drug-likeness (QED) is 0.291. The molecule has 6 aromatic rings. The van der Waals surface area contributed by atoms with Gasteiger partial charge in [0.1, 0.15) is 11.3 Å². The van der Waals surface area contributed by atoms with E-state index in [4.69, 9.17) is 20.8 Å². The highest BCUT2D eigenvalue weighted by Crippen LogP contribution is 2.34. The maximum Gasteiger partial charge on any atom is 0.339 e. The number of hydrogen-bond donors (Lipinski definition) is 1. The molecule has 6 rings (SSSR count). The molecule has 0 saturated carbocycles. The number of halogens is 1. The lowest BCUT2D eigenvalue weighted by Crippen LogP contribution is -2.02. The summed E-state index contributed by atoms with van der Waals surface area (Å²) in [6, 6.07) is 21.5. The number of ether oxygens (including phenoxy) is 1. The highest BCUT2D eigenvalue weighted by atomic mass is 35.5. The smallest absolute Gasteiger partial charge is 0.339 e. The van der Waals surface area contributed by atoms with E-state index < -0.39 is 5.63 Å². The summed E-state index contributed by atoms with van der Waals surface area (Å²) in [7, 11) is 0. The van der Waals surface area contributed by atoms with Crippen LogP contribution in [0.4, 0.5) is 11.1 Å². The molecular weight excluding hydrogens is 460 g/mol. The van der Waals surface area contributed by atoms with E-state index in [1.807, 2.05) is 48.5 Å². The van der Waals surface area contributed by atoms with Crippen molar-refractivity contribution in [2.75, 3.05) is 5.32 Å². The number of nitrogens with zero attached hydrogens (tertiary/aromatic N) is 3. The minimum absolute atomic E-state index is 0.308. The third-order valence-electron chi connectivity index (χ3n) is 4.96. The first-order valence-electron chi connectivity index (χ1n) is 9.93. The van der Waals surface area contributed by atoms with Crippen LogP contribution in [0.1, 0.15) is 0 Å². The molecule has 0 atom stereocenters. The van der Waals surface area contributed by atoms with E-state index in [-0.39, 0.29) is 0 Å². The normalized spacial score (nSPS) is 11.3. The van der Waals surface area contributed by atoms with Crippen molar-refractivity contribution in [3.05, 3.63) is 88.2 Å². The Bertz CT molecular complexity index is 1730. The van der Waals surface area contributed by atoms with Crippen molar-refractivity contribution in [3.8, 4) is 11.6 Å².